The zero-order chi connectivity index (χ0) is 14.0. The number of benzene rings is 1. The largest absolute Gasteiger partial charge is 0.481 e. The average Bonchev–Trinajstić information content (AvgIpc) is 2.71. The van der Waals surface area contributed by atoms with Crippen molar-refractivity contribution in [1.82, 2.24) is 9.55 Å². The quantitative estimate of drug-likeness (QED) is 0.917. The molecule has 19 heavy (non-hydrogen) atoms. The van der Waals surface area contributed by atoms with Crippen molar-refractivity contribution in [2.75, 3.05) is 0 Å². The highest BCUT2D eigenvalue weighted by atomic mass is 16.4. The van der Waals surface area contributed by atoms with E-state index in [9.17, 15) is 4.79 Å². The van der Waals surface area contributed by atoms with Crippen LogP contribution in [0.2, 0.25) is 0 Å². The van der Waals surface area contributed by atoms with Crippen molar-refractivity contribution < 1.29 is 9.90 Å². The van der Waals surface area contributed by atoms with Crippen LogP contribution in [0, 0.1) is 6.92 Å². The van der Waals surface area contributed by atoms with Crippen LogP contribution in [-0.2, 0) is 11.2 Å². The van der Waals surface area contributed by atoms with Crippen LogP contribution < -0.4 is 0 Å². The molecule has 100 valence electrons. The smallest absolute Gasteiger partial charge is 0.309 e. The molecule has 1 aromatic heterocycles. The molecule has 1 aromatic carbocycles. The Morgan fingerprint density at radius 2 is 1.95 bits per heavy atom. The first-order valence-corrected chi connectivity index (χ1v) is 6.34. The second-order valence-corrected chi connectivity index (χ2v) is 4.96. The number of aliphatic carboxylic acids is 1. The number of aryl methyl sites for hydroxylation is 1. The molecular weight excluding hydrogens is 240 g/mol. The summed E-state index contributed by atoms with van der Waals surface area (Å²) >= 11 is 0. The second kappa shape index (κ2) is 5.26. The lowest BCUT2D eigenvalue weighted by Crippen LogP contribution is -2.07. The first kappa shape index (κ1) is 13.3. The Morgan fingerprint density at radius 1 is 1.32 bits per heavy atom. The summed E-state index contributed by atoms with van der Waals surface area (Å²) in [6.45, 7) is 6.12. The van der Waals surface area contributed by atoms with Gasteiger partial charge in [-0.2, -0.15) is 0 Å². The highest BCUT2D eigenvalue weighted by molar-refractivity contribution is 5.70. The molecule has 2 rings (SSSR count). The Bertz CT molecular complexity index is 583. The van der Waals surface area contributed by atoms with E-state index < -0.39 is 5.97 Å². The van der Waals surface area contributed by atoms with Crippen molar-refractivity contribution >= 4 is 5.97 Å². The third kappa shape index (κ3) is 2.84. The molecule has 0 saturated heterocycles. The Kier molecular flexibility index (Phi) is 3.69. The fraction of sp³-hybridized carbons (Fsp3) is 0.333. The van der Waals surface area contributed by atoms with E-state index in [0.717, 1.165) is 17.1 Å². The number of nitrogens with zero attached hydrogens (tertiary/aromatic N) is 2. The van der Waals surface area contributed by atoms with Gasteiger partial charge in [-0.05, 0) is 30.5 Å². The van der Waals surface area contributed by atoms with Crippen molar-refractivity contribution in [2.24, 2.45) is 0 Å². The minimum absolute atomic E-state index is 0.0161. The molecule has 0 atom stereocenters. The van der Waals surface area contributed by atoms with E-state index in [-0.39, 0.29) is 6.42 Å². The number of carboxylic acids is 1. The summed E-state index contributed by atoms with van der Waals surface area (Å²) in [5.74, 6) is -0.360. The van der Waals surface area contributed by atoms with Crippen molar-refractivity contribution in [1.29, 1.82) is 0 Å². The number of hydrogen-bond donors (Lipinski definition) is 1. The molecule has 0 unspecified atom stereocenters. The Balaban J connectivity index is 2.38. The molecule has 1 heterocycles. The average molecular weight is 258 g/mol. The number of carbonyl (C=O) groups is 1. The van der Waals surface area contributed by atoms with E-state index in [1.165, 1.54) is 5.56 Å². The molecular formula is C15H18N2O2. The van der Waals surface area contributed by atoms with Gasteiger partial charge in [0.05, 0.1) is 24.1 Å². The Labute approximate surface area is 112 Å². The standard InChI is InChI=1S/C15H18N2O2/c1-10(2)12-4-6-13(7-5-12)17-9-16-11(3)14(17)8-15(18)19/h4-7,9-10H,8H2,1-3H3,(H,18,19). The van der Waals surface area contributed by atoms with Crippen LogP contribution in [0.5, 0.6) is 0 Å². The molecule has 0 aliphatic heterocycles. The lowest BCUT2D eigenvalue weighted by atomic mass is 10.0. The molecule has 0 bridgehead atoms. The molecule has 0 aliphatic carbocycles. The zero-order valence-electron chi connectivity index (χ0n) is 11.4. The van der Waals surface area contributed by atoms with Gasteiger partial charge in [-0.15, -0.1) is 0 Å². The van der Waals surface area contributed by atoms with Gasteiger partial charge >= 0.3 is 5.97 Å². The van der Waals surface area contributed by atoms with Crippen molar-refractivity contribution in [2.45, 2.75) is 33.1 Å². The predicted molar refractivity (Wildman–Crippen MR) is 73.7 cm³/mol. The van der Waals surface area contributed by atoms with Gasteiger partial charge in [0.1, 0.15) is 0 Å². The lowest BCUT2D eigenvalue weighted by molar-refractivity contribution is -0.136. The summed E-state index contributed by atoms with van der Waals surface area (Å²) in [6.07, 6.45) is 1.66. The first-order chi connectivity index (χ1) is 8.99. The normalized spacial score (nSPS) is 10.9. The lowest BCUT2D eigenvalue weighted by Gasteiger charge is -2.10. The maximum atomic E-state index is 10.9. The third-order valence-corrected chi connectivity index (χ3v) is 3.23. The van der Waals surface area contributed by atoms with Crippen LogP contribution in [0.25, 0.3) is 5.69 Å². The van der Waals surface area contributed by atoms with Crippen molar-refractivity contribution in [3.05, 3.63) is 47.5 Å². The van der Waals surface area contributed by atoms with Crippen LogP contribution >= 0.6 is 0 Å². The Morgan fingerprint density at radius 3 is 2.47 bits per heavy atom. The summed E-state index contributed by atoms with van der Waals surface area (Å²) in [4.78, 5) is 15.1. The first-order valence-electron chi connectivity index (χ1n) is 6.34. The van der Waals surface area contributed by atoms with E-state index in [0.29, 0.717) is 5.92 Å². The molecule has 0 aliphatic rings. The molecule has 0 amide bonds. The second-order valence-electron chi connectivity index (χ2n) is 4.96. The van der Waals surface area contributed by atoms with Gasteiger partial charge in [-0.1, -0.05) is 26.0 Å². The van der Waals surface area contributed by atoms with Gasteiger partial charge in [0.15, 0.2) is 0 Å². The fourth-order valence-electron chi connectivity index (χ4n) is 2.06. The monoisotopic (exact) mass is 258 g/mol. The SMILES string of the molecule is Cc1ncn(-c2ccc(C(C)C)cc2)c1CC(=O)O. The number of carboxylic acid groups (broad SMARTS) is 1. The van der Waals surface area contributed by atoms with Gasteiger partial charge in [0.2, 0.25) is 0 Å². The maximum absolute atomic E-state index is 10.9. The van der Waals surface area contributed by atoms with E-state index in [2.05, 4.69) is 31.0 Å². The topological polar surface area (TPSA) is 55.1 Å². The number of rotatable bonds is 4. The summed E-state index contributed by atoms with van der Waals surface area (Å²) in [5, 5.41) is 8.96. The molecule has 0 saturated carbocycles. The summed E-state index contributed by atoms with van der Waals surface area (Å²) in [7, 11) is 0. The van der Waals surface area contributed by atoms with Crippen LogP contribution in [0.1, 0.15) is 36.7 Å². The van der Waals surface area contributed by atoms with Gasteiger partial charge in [-0.25, -0.2) is 4.98 Å². The zero-order valence-corrected chi connectivity index (χ0v) is 11.4. The number of hydrogen-bond acceptors (Lipinski definition) is 2. The molecule has 1 N–H and O–H groups in total. The number of imidazole rings is 1. The summed E-state index contributed by atoms with van der Waals surface area (Å²) in [6, 6.07) is 8.14. The highest BCUT2D eigenvalue weighted by Gasteiger charge is 2.12. The molecule has 2 aromatic rings. The minimum atomic E-state index is -0.844. The van der Waals surface area contributed by atoms with E-state index in [4.69, 9.17) is 5.11 Å². The number of aromatic nitrogens is 2. The van der Waals surface area contributed by atoms with E-state index >= 15 is 0 Å². The summed E-state index contributed by atoms with van der Waals surface area (Å²) in [5.41, 5.74) is 3.70. The van der Waals surface area contributed by atoms with Crippen LogP contribution in [0.4, 0.5) is 0 Å². The van der Waals surface area contributed by atoms with E-state index in [1.54, 1.807) is 6.33 Å². The summed E-state index contributed by atoms with van der Waals surface area (Å²) < 4.78 is 1.84. The minimum Gasteiger partial charge on any atom is -0.481 e. The maximum Gasteiger partial charge on any atom is 0.309 e. The van der Waals surface area contributed by atoms with Crippen molar-refractivity contribution in [3.8, 4) is 5.69 Å². The van der Waals surface area contributed by atoms with Gasteiger partial charge in [0.25, 0.3) is 0 Å². The van der Waals surface area contributed by atoms with Gasteiger partial charge in [-0.3, -0.25) is 4.79 Å². The Hall–Kier alpha value is -2.10. The molecule has 4 heteroatoms. The van der Waals surface area contributed by atoms with Crippen LogP contribution in [0.15, 0.2) is 30.6 Å². The molecule has 4 nitrogen and oxygen atoms in total. The fourth-order valence-corrected chi connectivity index (χ4v) is 2.06. The predicted octanol–water partition coefficient (Wildman–Crippen LogP) is 2.93. The molecule has 0 radical (unpaired) electrons. The highest BCUT2D eigenvalue weighted by Crippen LogP contribution is 2.19. The van der Waals surface area contributed by atoms with Gasteiger partial charge < -0.3 is 9.67 Å². The van der Waals surface area contributed by atoms with Crippen LogP contribution in [-0.4, -0.2) is 20.6 Å². The molecule has 0 spiro atoms. The van der Waals surface area contributed by atoms with Crippen LogP contribution in [0.3, 0.4) is 0 Å². The van der Waals surface area contributed by atoms with Gasteiger partial charge in [0, 0.05) is 5.69 Å². The third-order valence-electron chi connectivity index (χ3n) is 3.23. The van der Waals surface area contributed by atoms with E-state index in [1.807, 2.05) is 23.6 Å². The van der Waals surface area contributed by atoms with Crippen molar-refractivity contribution in [3.63, 3.8) is 0 Å². The molecule has 0 fully saturated rings.